The number of thiazole rings is 1. The molecule has 2 amide bonds. The Morgan fingerprint density at radius 3 is 2.86 bits per heavy atom. The van der Waals surface area contributed by atoms with Gasteiger partial charge in [-0.1, -0.05) is 26.8 Å². The van der Waals surface area contributed by atoms with Crippen LogP contribution in [0.15, 0.2) is 23.6 Å². The number of carbonyl (C=O) groups excluding carboxylic acids is 1. The van der Waals surface area contributed by atoms with E-state index in [0.717, 1.165) is 47.2 Å². The Labute approximate surface area is 169 Å². The van der Waals surface area contributed by atoms with Crippen molar-refractivity contribution in [3.8, 4) is 11.5 Å². The maximum absolute atomic E-state index is 13.0. The molecule has 0 unspecified atom stereocenters. The normalized spacial score (nSPS) is 19.7. The number of hydrogen-bond acceptors (Lipinski definition) is 5. The molecule has 1 aromatic carbocycles. The summed E-state index contributed by atoms with van der Waals surface area (Å²) < 4.78 is 10.9. The Kier molecular flexibility index (Phi) is 4.95. The fourth-order valence-electron chi connectivity index (χ4n) is 3.64. The van der Waals surface area contributed by atoms with E-state index in [0.29, 0.717) is 0 Å². The van der Waals surface area contributed by atoms with Gasteiger partial charge in [-0.05, 0) is 37.5 Å². The predicted octanol–water partition coefficient (Wildman–Crippen LogP) is 4.78. The average molecular weight is 402 g/mol. The van der Waals surface area contributed by atoms with Gasteiger partial charge in [0.05, 0.1) is 17.8 Å². The van der Waals surface area contributed by atoms with Crippen LogP contribution in [0.25, 0.3) is 0 Å². The molecule has 7 heteroatoms. The zero-order valence-corrected chi connectivity index (χ0v) is 17.6. The van der Waals surface area contributed by atoms with Crippen molar-refractivity contribution in [1.82, 2.24) is 15.2 Å². The molecule has 0 aliphatic carbocycles. The monoisotopic (exact) mass is 401 g/mol. The van der Waals surface area contributed by atoms with Crippen molar-refractivity contribution in [3.63, 3.8) is 0 Å². The number of rotatable bonds is 3. The molecule has 3 heterocycles. The Morgan fingerprint density at radius 1 is 1.32 bits per heavy atom. The van der Waals surface area contributed by atoms with Crippen LogP contribution in [0.5, 0.6) is 11.5 Å². The van der Waals surface area contributed by atoms with Crippen LogP contribution in [0.4, 0.5) is 4.79 Å². The van der Waals surface area contributed by atoms with Gasteiger partial charge in [0, 0.05) is 17.3 Å². The van der Waals surface area contributed by atoms with Crippen molar-refractivity contribution >= 4 is 17.4 Å². The summed E-state index contributed by atoms with van der Waals surface area (Å²) in [6, 6.07) is 5.86. The topological polar surface area (TPSA) is 63.7 Å². The minimum atomic E-state index is -0.119. The quantitative estimate of drug-likeness (QED) is 0.804. The fraction of sp³-hybridized carbons (Fsp3) is 0.524. The zero-order valence-electron chi connectivity index (χ0n) is 16.8. The van der Waals surface area contributed by atoms with Gasteiger partial charge < -0.3 is 19.7 Å². The van der Waals surface area contributed by atoms with E-state index in [2.05, 4.69) is 31.5 Å². The van der Waals surface area contributed by atoms with E-state index in [1.807, 2.05) is 30.0 Å². The lowest BCUT2D eigenvalue weighted by molar-refractivity contribution is 0.173. The van der Waals surface area contributed by atoms with Crippen molar-refractivity contribution in [2.45, 2.75) is 58.0 Å². The van der Waals surface area contributed by atoms with Crippen LogP contribution in [-0.2, 0) is 5.41 Å². The van der Waals surface area contributed by atoms with Crippen molar-refractivity contribution < 1.29 is 14.3 Å². The third-order valence-corrected chi connectivity index (χ3v) is 6.32. The number of aromatic nitrogens is 1. The van der Waals surface area contributed by atoms with E-state index in [1.165, 1.54) is 0 Å². The second-order valence-corrected chi connectivity index (χ2v) is 9.35. The summed E-state index contributed by atoms with van der Waals surface area (Å²) >= 11 is 1.60. The smallest absolute Gasteiger partial charge is 0.318 e. The van der Waals surface area contributed by atoms with Crippen LogP contribution < -0.4 is 14.8 Å². The second kappa shape index (κ2) is 7.28. The van der Waals surface area contributed by atoms with Crippen LogP contribution in [0.2, 0.25) is 0 Å². The molecule has 1 aromatic heterocycles. The number of carbonyl (C=O) groups is 1. The minimum Gasteiger partial charge on any atom is -0.454 e. The number of urea groups is 1. The van der Waals surface area contributed by atoms with E-state index in [-0.39, 0.29) is 30.3 Å². The van der Waals surface area contributed by atoms with Crippen molar-refractivity contribution in [1.29, 1.82) is 0 Å². The highest BCUT2D eigenvalue weighted by atomic mass is 32.1. The first-order valence-electron chi connectivity index (χ1n) is 9.75. The number of amides is 2. The maximum atomic E-state index is 13.0. The summed E-state index contributed by atoms with van der Waals surface area (Å²) in [5, 5.41) is 6.16. The summed E-state index contributed by atoms with van der Waals surface area (Å²) in [5.41, 5.74) is 2.17. The van der Waals surface area contributed by atoms with Crippen molar-refractivity contribution in [2.24, 2.45) is 0 Å². The highest BCUT2D eigenvalue weighted by Gasteiger charge is 2.32. The van der Waals surface area contributed by atoms with Gasteiger partial charge in [0.25, 0.3) is 0 Å². The number of ether oxygens (including phenoxy) is 2. The maximum Gasteiger partial charge on any atom is 0.318 e. The van der Waals surface area contributed by atoms with Gasteiger partial charge in [-0.2, -0.15) is 0 Å². The molecule has 1 fully saturated rings. The van der Waals surface area contributed by atoms with Crippen molar-refractivity contribution in [2.75, 3.05) is 13.3 Å². The Hall–Kier alpha value is -2.28. The number of nitrogens with zero attached hydrogens (tertiary/aromatic N) is 2. The molecule has 0 spiro atoms. The number of hydrogen-bond donors (Lipinski definition) is 1. The molecule has 4 rings (SSSR count). The van der Waals surface area contributed by atoms with Crippen LogP contribution in [0.3, 0.4) is 0 Å². The summed E-state index contributed by atoms with van der Waals surface area (Å²) in [6.07, 6.45) is 1.94. The molecule has 6 nitrogen and oxygen atoms in total. The van der Waals surface area contributed by atoms with Crippen LogP contribution in [0.1, 0.15) is 68.9 Å². The summed E-state index contributed by atoms with van der Waals surface area (Å²) in [7, 11) is 0. The number of fused-ring (bicyclic) bond motifs is 1. The predicted molar refractivity (Wildman–Crippen MR) is 109 cm³/mol. The van der Waals surface area contributed by atoms with E-state index in [1.54, 1.807) is 11.3 Å². The van der Waals surface area contributed by atoms with Crippen molar-refractivity contribution in [3.05, 3.63) is 39.8 Å². The largest absolute Gasteiger partial charge is 0.454 e. The summed E-state index contributed by atoms with van der Waals surface area (Å²) in [4.78, 5) is 19.6. The van der Waals surface area contributed by atoms with Gasteiger partial charge in [-0.3, -0.25) is 0 Å². The summed E-state index contributed by atoms with van der Waals surface area (Å²) in [5.74, 6) is 1.53. The minimum absolute atomic E-state index is 0.0118. The Morgan fingerprint density at radius 2 is 2.11 bits per heavy atom. The lowest BCUT2D eigenvalue weighted by Crippen LogP contribution is -2.40. The standard InChI is InChI=1S/C21H27N3O3S/c1-13(19-23-18(11-28-19)21(2,3)4)22-20(25)24-9-5-6-15(24)14-7-8-16-17(10-14)27-12-26-16/h7-8,10-11,13,15H,5-6,9,12H2,1-4H3,(H,22,25)/t13-,15+/m0/s1. The number of benzene rings is 1. The SMILES string of the molecule is C[C@H](NC(=O)N1CCC[C@@H]1c1ccc2c(c1)OCO2)c1nc(C(C)(C)C)cs1. The molecular formula is C21H27N3O3S. The zero-order chi connectivity index (χ0) is 19.9. The summed E-state index contributed by atoms with van der Waals surface area (Å²) in [6.45, 7) is 9.45. The molecule has 1 N–H and O–H groups in total. The molecule has 0 bridgehead atoms. The van der Waals surface area contributed by atoms with Gasteiger partial charge in [0.2, 0.25) is 6.79 Å². The van der Waals surface area contributed by atoms with Crippen LogP contribution in [-0.4, -0.2) is 29.3 Å². The number of likely N-dealkylation sites (tertiary alicyclic amines) is 1. The van der Waals surface area contributed by atoms with E-state index < -0.39 is 0 Å². The average Bonchev–Trinajstić information content (AvgIpc) is 3.39. The van der Waals surface area contributed by atoms with Gasteiger partial charge >= 0.3 is 6.03 Å². The molecule has 2 aromatic rings. The molecule has 2 atom stereocenters. The van der Waals surface area contributed by atoms with Crippen LogP contribution >= 0.6 is 11.3 Å². The first kappa shape index (κ1) is 19.1. The van der Waals surface area contributed by atoms with Gasteiger partial charge in [0.15, 0.2) is 11.5 Å². The third kappa shape index (κ3) is 3.68. The van der Waals surface area contributed by atoms with Gasteiger partial charge in [-0.15, -0.1) is 11.3 Å². The molecular weight excluding hydrogens is 374 g/mol. The van der Waals surface area contributed by atoms with Crippen LogP contribution in [0, 0.1) is 0 Å². The van der Waals surface area contributed by atoms with E-state index in [4.69, 9.17) is 14.5 Å². The first-order valence-corrected chi connectivity index (χ1v) is 10.6. The second-order valence-electron chi connectivity index (χ2n) is 8.46. The lowest BCUT2D eigenvalue weighted by Gasteiger charge is -2.27. The highest BCUT2D eigenvalue weighted by Crippen LogP contribution is 2.39. The Bertz CT molecular complexity index is 874. The van der Waals surface area contributed by atoms with E-state index >= 15 is 0 Å². The Balaban J connectivity index is 1.45. The fourth-order valence-corrected chi connectivity index (χ4v) is 4.69. The van der Waals surface area contributed by atoms with Gasteiger partial charge in [-0.25, -0.2) is 9.78 Å². The van der Waals surface area contributed by atoms with E-state index in [9.17, 15) is 4.79 Å². The molecule has 2 aliphatic heterocycles. The molecule has 2 aliphatic rings. The molecule has 150 valence electrons. The first-order chi connectivity index (χ1) is 13.3. The third-order valence-electron chi connectivity index (χ3n) is 5.30. The number of nitrogens with one attached hydrogen (secondary N) is 1. The van der Waals surface area contributed by atoms with Gasteiger partial charge in [0.1, 0.15) is 5.01 Å². The lowest BCUT2D eigenvalue weighted by atomic mass is 9.93. The molecule has 0 radical (unpaired) electrons. The highest BCUT2D eigenvalue weighted by molar-refractivity contribution is 7.09. The molecule has 0 saturated carbocycles. The molecule has 1 saturated heterocycles. The molecule has 28 heavy (non-hydrogen) atoms.